The SMILES string of the molecule is c1cnc2c(OCCN3CCCC3)cccc2c1. The molecule has 0 aliphatic carbocycles. The van der Waals surface area contributed by atoms with Crippen LogP contribution >= 0.6 is 0 Å². The molecule has 1 aliphatic heterocycles. The normalized spacial score (nSPS) is 16.2. The number of rotatable bonds is 4. The van der Waals surface area contributed by atoms with Crippen molar-refractivity contribution in [3.63, 3.8) is 0 Å². The molecule has 94 valence electrons. The molecule has 0 radical (unpaired) electrons. The molecule has 0 bridgehead atoms. The van der Waals surface area contributed by atoms with Gasteiger partial charge in [-0.2, -0.15) is 0 Å². The van der Waals surface area contributed by atoms with Crippen molar-refractivity contribution in [2.75, 3.05) is 26.2 Å². The lowest BCUT2D eigenvalue weighted by Gasteiger charge is -2.15. The molecule has 1 saturated heterocycles. The average molecular weight is 242 g/mol. The summed E-state index contributed by atoms with van der Waals surface area (Å²) in [6.45, 7) is 4.20. The summed E-state index contributed by atoms with van der Waals surface area (Å²) in [6.07, 6.45) is 4.47. The van der Waals surface area contributed by atoms with Gasteiger partial charge in [0, 0.05) is 18.1 Å². The monoisotopic (exact) mass is 242 g/mol. The predicted octanol–water partition coefficient (Wildman–Crippen LogP) is 2.71. The van der Waals surface area contributed by atoms with Crippen LogP contribution in [0.3, 0.4) is 0 Å². The second kappa shape index (κ2) is 5.36. The van der Waals surface area contributed by atoms with Crippen LogP contribution in [0.25, 0.3) is 10.9 Å². The van der Waals surface area contributed by atoms with Gasteiger partial charge in [0.1, 0.15) is 17.9 Å². The lowest BCUT2D eigenvalue weighted by atomic mass is 10.2. The maximum absolute atomic E-state index is 5.88. The van der Waals surface area contributed by atoms with Gasteiger partial charge in [0.15, 0.2) is 0 Å². The van der Waals surface area contributed by atoms with Crippen molar-refractivity contribution in [3.8, 4) is 5.75 Å². The number of para-hydroxylation sites is 1. The Kier molecular flexibility index (Phi) is 3.42. The summed E-state index contributed by atoms with van der Waals surface area (Å²) >= 11 is 0. The predicted molar refractivity (Wildman–Crippen MR) is 72.9 cm³/mol. The Morgan fingerprint density at radius 1 is 1.11 bits per heavy atom. The van der Waals surface area contributed by atoms with Gasteiger partial charge in [-0.25, -0.2) is 0 Å². The van der Waals surface area contributed by atoms with Gasteiger partial charge in [0.2, 0.25) is 0 Å². The van der Waals surface area contributed by atoms with Crippen LogP contribution in [0, 0.1) is 0 Å². The van der Waals surface area contributed by atoms with E-state index in [0.29, 0.717) is 0 Å². The fourth-order valence-electron chi connectivity index (χ4n) is 2.48. The minimum atomic E-state index is 0.746. The number of aromatic nitrogens is 1. The van der Waals surface area contributed by atoms with E-state index < -0.39 is 0 Å². The molecule has 1 aromatic carbocycles. The third-order valence-electron chi connectivity index (χ3n) is 3.46. The van der Waals surface area contributed by atoms with Crippen molar-refractivity contribution in [1.29, 1.82) is 0 Å². The van der Waals surface area contributed by atoms with Crippen LogP contribution in [-0.2, 0) is 0 Å². The molecular weight excluding hydrogens is 224 g/mol. The smallest absolute Gasteiger partial charge is 0.145 e. The molecule has 3 rings (SSSR count). The third-order valence-corrected chi connectivity index (χ3v) is 3.46. The molecular formula is C15H18N2O. The molecule has 3 nitrogen and oxygen atoms in total. The standard InChI is InChI=1S/C15H18N2O/c1-2-10-17(9-1)11-12-18-14-7-3-5-13-6-4-8-16-15(13)14/h3-8H,1-2,9-12H2. The summed E-state index contributed by atoms with van der Waals surface area (Å²) in [7, 11) is 0. The van der Waals surface area contributed by atoms with Gasteiger partial charge < -0.3 is 4.74 Å². The van der Waals surface area contributed by atoms with E-state index >= 15 is 0 Å². The number of hydrogen-bond acceptors (Lipinski definition) is 3. The van der Waals surface area contributed by atoms with Gasteiger partial charge >= 0.3 is 0 Å². The highest BCUT2D eigenvalue weighted by atomic mass is 16.5. The summed E-state index contributed by atoms with van der Waals surface area (Å²) in [4.78, 5) is 6.85. The zero-order valence-electron chi connectivity index (χ0n) is 10.5. The van der Waals surface area contributed by atoms with Crippen molar-refractivity contribution >= 4 is 10.9 Å². The minimum absolute atomic E-state index is 0.746. The first-order chi connectivity index (χ1) is 8.93. The quantitative estimate of drug-likeness (QED) is 0.824. The molecule has 0 unspecified atom stereocenters. The summed E-state index contributed by atoms with van der Waals surface area (Å²) in [5, 5.41) is 1.14. The Morgan fingerprint density at radius 3 is 2.83 bits per heavy atom. The molecule has 2 aromatic rings. The van der Waals surface area contributed by atoms with Crippen LogP contribution in [0.5, 0.6) is 5.75 Å². The van der Waals surface area contributed by atoms with Gasteiger partial charge in [0.05, 0.1) is 0 Å². The zero-order valence-corrected chi connectivity index (χ0v) is 10.5. The van der Waals surface area contributed by atoms with E-state index in [1.54, 1.807) is 0 Å². The van der Waals surface area contributed by atoms with Gasteiger partial charge in [0.25, 0.3) is 0 Å². The Balaban J connectivity index is 1.66. The second-order valence-corrected chi connectivity index (χ2v) is 4.73. The van der Waals surface area contributed by atoms with Crippen LogP contribution in [0.2, 0.25) is 0 Å². The van der Waals surface area contributed by atoms with Gasteiger partial charge in [-0.1, -0.05) is 18.2 Å². The molecule has 2 heterocycles. The number of nitrogens with zero attached hydrogens (tertiary/aromatic N) is 2. The van der Waals surface area contributed by atoms with Crippen LogP contribution in [0.1, 0.15) is 12.8 Å². The highest BCUT2D eigenvalue weighted by Gasteiger charge is 2.11. The van der Waals surface area contributed by atoms with Gasteiger partial charge in [-0.3, -0.25) is 9.88 Å². The molecule has 18 heavy (non-hydrogen) atoms. The number of fused-ring (bicyclic) bond motifs is 1. The average Bonchev–Trinajstić information content (AvgIpc) is 2.92. The Labute approximate surface area is 107 Å². The van der Waals surface area contributed by atoms with Gasteiger partial charge in [-0.15, -0.1) is 0 Å². The van der Waals surface area contributed by atoms with Crippen LogP contribution < -0.4 is 4.74 Å². The maximum atomic E-state index is 5.88. The van der Waals surface area contributed by atoms with E-state index in [-0.39, 0.29) is 0 Å². The maximum Gasteiger partial charge on any atom is 0.145 e. The molecule has 0 amide bonds. The van der Waals surface area contributed by atoms with Crippen molar-refractivity contribution in [3.05, 3.63) is 36.5 Å². The van der Waals surface area contributed by atoms with Crippen molar-refractivity contribution in [2.45, 2.75) is 12.8 Å². The number of benzene rings is 1. The van der Waals surface area contributed by atoms with Crippen molar-refractivity contribution in [2.24, 2.45) is 0 Å². The highest BCUT2D eigenvalue weighted by molar-refractivity contribution is 5.84. The van der Waals surface area contributed by atoms with E-state index in [9.17, 15) is 0 Å². The lowest BCUT2D eigenvalue weighted by Crippen LogP contribution is -2.25. The fourth-order valence-corrected chi connectivity index (χ4v) is 2.48. The van der Waals surface area contributed by atoms with E-state index in [4.69, 9.17) is 4.74 Å². The summed E-state index contributed by atoms with van der Waals surface area (Å²) in [6, 6.07) is 10.1. The van der Waals surface area contributed by atoms with E-state index in [1.807, 2.05) is 24.4 Å². The molecule has 0 spiro atoms. The minimum Gasteiger partial charge on any atom is -0.490 e. The fraction of sp³-hybridized carbons (Fsp3) is 0.400. The molecule has 0 atom stereocenters. The zero-order chi connectivity index (χ0) is 12.2. The van der Waals surface area contributed by atoms with Crippen LogP contribution in [0.4, 0.5) is 0 Å². The first-order valence-electron chi connectivity index (χ1n) is 6.62. The van der Waals surface area contributed by atoms with E-state index in [2.05, 4.69) is 22.0 Å². The number of hydrogen-bond donors (Lipinski definition) is 0. The Morgan fingerprint density at radius 2 is 1.94 bits per heavy atom. The molecule has 0 saturated carbocycles. The molecule has 1 fully saturated rings. The van der Waals surface area contributed by atoms with Crippen LogP contribution in [-0.4, -0.2) is 36.1 Å². The number of pyridine rings is 1. The Hall–Kier alpha value is -1.61. The second-order valence-electron chi connectivity index (χ2n) is 4.73. The molecule has 1 aliphatic rings. The highest BCUT2D eigenvalue weighted by Crippen LogP contribution is 2.22. The molecule has 0 N–H and O–H groups in total. The summed E-state index contributed by atoms with van der Waals surface area (Å²) in [5.41, 5.74) is 0.960. The summed E-state index contributed by atoms with van der Waals surface area (Å²) in [5.74, 6) is 0.896. The number of ether oxygens (including phenoxy) is 1. The van der Waals surface area contributed by atoms with E-state index in [1.165, 1.54) is 25.9 Å². The van der Waals surface area contributed by atoms with E-state index in [0.717, 1.165) is 29.8 Å². The van der Waals surface area contributed by atoms with Crippen molar-refractivity contribution in [1.82, 2.24) is 9.88 Å². The molecule has 3 heteroatoms. The van der Waals surface area contributed by atoms with Crippen molar-refractivity contribution < 1.29 is 4.74 Å². The summed E-state index contributed by atoms with van der Waals surface area (Å²) < 4.78 is 5.88. The first-order valence-corrected chi connectivity index (χ1v) is 6.62. The van der Waals surface area contributed by atoms with Crippen LogP contribution in [0.15, 0.2) is 36.5 Å². The third kappa shape index (κ3) is 2.46. The lowest BCUT2D eigenvalue weighted by molar-refractivity contribution is 0.239. The molecule has 1 aromatic heterocycles. The first kappa shape index (κ1) is 11.5. The van der Waals surface area contributed by atoms with Gasteiger partial charge in [-0.05, 0) is 38.1 Å². The number of likely N-dealkylation sites (tertiary alicyclic amines) is 1. The Bertz CT molecular complexity index is 515. The largest absolute Gasteiger partial charge is 0.490 e. The topological polar surface area (TPSA) is 25.4 Å².